The molecule has 0 aromatic carbocycles. The van der Waals surface area contributed by atoms with Crippen molar-refractivity contribution < 1.29 is 13.2 Å². The topological polar surface area (TPSA) is 89.9 Å². The molecule has 0 saturated carbocycles. The van der Waals surface area contributed by atoms with Gasteiger partial charge in [-0.2, -0.15) is 9.29 Å². The zero-order valence-electron chi connectivity index (χ0n) is 16.3. The molecule has 0 N–H and O–H groups in total. The molecule has 10 heteroatoms. The molecular formula is C17H28N6O3S. The summed E-state index contributed by atoms with van der Waals surface area (Å²) in [6.07, 6.45) is 3.46. The summed E-state index contributed by atoms with van der Waals surface area (Å²) in [5.74, 6) is 1.51. The molecule has 2 aliphatic rings. The van der Waals surface area contributed by atoms with Crippen molar-refractivity contribution in [3.8, 4) is 0 Å². The van der Waals surface area contributed by atoms with Crippen molar-refractivity contribution in [3.63, 3.8) is 0 Å². The molecule has 0 radical (unpaired) electrons. The molecular weight excluding hydrogens is 368 g/mol. The van der Waals surface area contributed by atoms with E-state index in [9.17, 15) is 13.2 Å². The van der Waals surface area contributed by atoms with E-state index in [2.05, 4.69) is 14.8 Å². The van der Waals surface area contributed by atoms with E-state index >= 15 is 0 Å². The molecule has 0 spiro atoms. The number of aryl methyl sites for hydroxylation is 1. The summed E-state index contributed by atoms with van der Waals surface area (Å²) >= 11 is 0. The molecule has 2 saturated heterocycles. The van der Waals surface area contributed by atoms with Gasteiger partial charge < -0.3 is 14.7 Å². The summed E-state index contributed by atoms with van der Waals surface area (Å²) in [4.78, 5) is 27.8. The fourth-order valence-corrected chi connectivity index (χ4v) is 3.69. The Labute approximate surface area is 161 Å². The first-order valence-corrected chi connectivity index (χ1v) is 11.1. The number of piperazine rings is 1. The minimum absolute atomic E-state index is 0.120. The minimum Gasteiger partial charge on any atom is -0.353 e. The van der Waals surface area contributed by atoms with E-state index in [0.29, 0.717) is 26.2 Å². The fourth-order valence-electron chi connectivity index (χ4n) is 3.35. The zero-order chi connectivity index (χ0) is 19.6. The maximum absolute atomic E-state index is 12.3. The van der Waals surface area contributed by atoms with Crippen molar-refractivity contribution in [2.75, 3.05) is 68.9 Å². The number of anilines is 2. The van der Waals surface area contributed by atoms with E-state index in [1.54, 1.807) is 4.90 Å². The van der Waals surface area contributed by atoms with Crippen LogP contribution in [-0.2, 0) is 14.8 Å². The van der Waals surface area contributed by atoms with Crippen molar-refractivity contribution in [1.82, 2.24) is 19.2 Å². The van der Waals surface area contributed by atoms with Crippen LogP contribution < -0.4 is 9.80 Å². The van der Waals surface area contributed by atoms with Crippen LogP contribution in [0.2, 0.25) is 0 Å². The Balaban J connectivity index is 1.61. The van der Waals surface area contributed by atoms with Gasteiger partial charge in [0.1, 0.15) is 5.82 Å². The number of hydrogen-bond acceptors (Lipinski definition) is 7. The van der Waals surface area contributed by atoms with Crippen LogP contribution in [0, 0.1) is 6.92 Å². The lowest BCUT2D eigenvalue weighted by Gasteiger charge is -2.36. The number of hydrogen-bond donors (Lipinski definition) is 0. The Morgan fingerprint density at radius 2 is 1.70 bits per heavy atom. The lowest BCUT2D eigenvalue weighted by Crippen LogP contribution is -2.51. The highest BCUT2D eigenvalue weighted by Crippen LogP contribution is 2.21. The molecule has 27 heavy (non-hydrogen) atoms. The van der Waals surface area contributed by atoms with Crippen molar-refractivity contribution in [3.05, 3.63) is 11.8 Å². The van der Waals surface area contributed by atoms with E-state index in [1.807, 2.05) is 13.0 Å². The van der Waals surface area contributed by atoms with Gasteiger partial charge in [-0.25, -0.2) is 13.4 Å². The van der Waals surface area contributed by atoms with Crippen LogP contribution in [-0.4, -0.2) is 92.6 Å². The summed E-state index contributed by atoms with van der Waals surface area (Å²) in [6.45, 7) is 6.31. The summed E-state index contributed by atoms with van der Waals surface area (Å²) in [6, 6.07) is 1.98. The smallest absolute Gasteiger partial charge is 0.238 e. The van der Waals surface area contributed by atoms with Crippen LogP contribution in [0.15, 0.2) is 6.07 Å². The van der Waals surface area contributed by atoms with Crippen molar-refractivity contribution >= 4 is 27.7 Å². The first-order chi connectivity index (χ1) is 12.7. The monoisotopic (exact) mass is 396 g/mol. The molecule has 2 aliphatic heterocycles. The third kappa shape index (κ3) is 4.86. The molecule has 9 nitrogen and oxygen atoms in total. The Kier molecular flexibility index (Phi) is 5.85. The number of nitrogens with zero attached hydrogens (tertiary/aromatic N) is 6. The second-order valence-electron chi connectivity index (χ2n) is 7.25. The molecule has 2 fully saturated rings. The third-order valence-electron chi connectivity index (χ3n) is 5.10. The van der Waals surface area contributed by atoms with Gasteiger partial charge in [-0.15, -0.1) is 0 Å². The molecule has 0 bridgehead atoms. The van der Waals surface area contributed by atoms with Gasteiger partial charge in [-0.05, 0) is 19.8 Å². The number of sulfonamides is 1. The Morgan fingerprint density at radius 3 is 2.30 bits per heavy atom. The normalized spacial score (nSPS) is 18.4. The fraction of sp³-hybridized carbons (Fsp3) is 0.706. The molecule has 0 atom stereocenters. The number of rotatable bonds is 5. The Morgan fingerprint density at radius 1 is 1.07 bits per heavy atom. The molecule has 150 valence electrons. The number of carbonyl (C=O) groups is 1. The summed E-state index contributed by atoms with van der Waals surface area (Å²) < 4.78 is 24.1. The van der Waals surface area contributed by atoms with E-state index in [-0.39, 0.29) is 12.5 Å². The van der Waals surface area contributed by atoms with Gasteiger partial charge in [-0.3, -0.25) is 4.79 Å². The molecule has 3 heterocycles. The average molecular weight is 397 g/mol. The van der Waals surface area contributed by atoms with Crippen LogP contribution in [0.1, 0.15) is 18.5 Å². The van der Waals surface area contributed by atoms with Crippen LogP contribution >= 0.6 is 0 Å². The van der Waals surface area contributed by atoms with Crippen LogP contribution in [0.5, 0.6) is 0 Å². The van der Waals surface area contributed by atoms with Gasteiger partial charge in [0.15, 0.2) is 0 Å². The summed E-state index contributed by atoms with van der Waals surface area (Å²) in [5.41, 5.74) is 0.940. The van der Waals surface area contributed by atoms with Crippen molar-refractivity contribution in [2.24, 2.45) is 0 Å². The van der Waals surface area contributed by atoms with Gasteiger partial charge in [-0.1, -0.05) is 0 Å². The number of likely N-dealkylation sites (N-methyl/N-ethyl adjacent to an activating group) is 1. The van der Waals surface area contributed by atoms with E-state index < -0.39 is 10.0 Å². The van der Waals surface area contributed by atoms with E-state index in [4.69, 9.17) is 4.98 Å². The first-order valence-electron chi connectivity index (χ1n) is 9.29. The van der Waals surface area contributed by atoms with Crippen LogP contribution in [0.4, 0.5) is 11.8 Å². The molecule has 1 amide bonds. The highest BCUT2D eigenvalue weighted by Gasteiger charge is 2.25. The van der Waals surface area contributed by atoms with Crippen LogP contribution in [0.25, 0.3) is 0 Å². The second kappa shape index (κ2) is 7.97. The first kappa shape index (κ1) is 19.8. The summed E-state index contributed by atoms with van der Waals surface area (Å²) in [5, 5.41) is 0. The van der Waals surface area contributed by atoms with Gasteiger partial charge in [0.2, 0.25) is 21.9 Å². The lowest BCUT2D eigenvalue weighted by molar-refractivity contribution is -0.131. The van der Waals surface area contributed by atoms with E-state index in [1.165, 1.54) is 19.9 Å². The maximum atomic E-state index is 12.3. The highest BCUT2D eigenvalue weighted by molar-refractivity contribution is 7.88. The molecule has 1 aromatic heterocycles. The predicted molar refractivity (Wildman–Crippen MR) is 104 cm³/mol. The number of amides is 1. The minimum atomic E-state index is -3.35. The van der Waals surface area contributed by atoms with Gasteiger partial charge in [0, 0.05) is 58.1 Å². The van der Waals surface area contributed by atoms with Gasteiger partial charge in [0.05, 0.1) is 12.8 Å². The SMILES string of the molecule is Cc1cc(N2CCN(C(=O)CN(C)S(C)(=O)=O)CC2)nc(N2CCCC2)n1. The van der Waals surface area contributed by atoms with Crippen LogP contribution in [0.3, 0.4) is 0 Å². The van der Waals surface area contributed by atoms with E-state index in [0.717, 1.165) is 41.1 Å². The standard InChI is InChI=1S/C17H28N6O3S/c1-14-12-15(19-17(18-14)23-6-4-5-7-23)21-8-10-22(11-9-21)16(24)13-20(2)27(3,25)26/h12H,4-11,13H2,1-3H3. The molecule has 1 aromatic rings. The van der Waals surface area contributed by atoms with Gasteiger partial charge >= 0.3 is 0 Å². The van der Waals surface area contributed by atoms with Gasteiger partial charge in [0.25, 0.3) is 0 Å². The highest BCUT2D eigenvalue weighted by atomic mass is 32.2. The average Bonchev–Trinajstić information content (AvgIpc) is 3.15. The quantitative estimate of drug-likeness (QED) is 0.688. The molecule has 0 unspecified atom stereocenters. The molecule has 3 rings (SSSR count). The zero-order valence-corrected chi connectivity index (χ0v) is 17.1. The third-order valence-corrected chi connectivity index (χ3v) is 6.36. The van der Waals surface area contributed by atoms with Crippen molar-refractivity contribution in [2.45, 2.75) is 19.8 Å². The second-order valence-corrected chi connectivity index (χ2v) is 9.34. The Bertz CT molecular complexity index is 786. The maximum Gasteiger partial charge on any atom is 0.238 e. The number of aromatic nitrogens is 2. The predicted octanol–water partition coefficient (Wildman–Crippen LogP) is -0.0748. The Hall–Kier alpha value is -1.94. The summed E-state index contributed by atoms with van der Waals surface area (Å²) in [7, 11) is -1.93. The number of carbonyl (C=O) groups excluding carboxylic acids is 1. The van der Waals surface area contributed by atoms with Crippen molar-refractivity contribution in [1.29, 1.82) is 0 Å². The largest absolute Gasteiger partial charge is 0.353 e. The lowest BCUT2D eigenvalue weighted by atomic mass is 10.3. The molecule has 0 aliphatic carbocycles.